The van der Waals surface area contributed by atoms with Gasteiger partial charge in [-0.3, -0.25) is 0 Å². The highest BCUT2D eigenvalue weighted by atomic mass is 32.2. The van der Waals surface area contributed by atoms with Crippen molar-refractivity contribution in [2.24, 2.45) is 0 Å². The Bertz CT molecular complexity index is 2560. The van der Waals surface area contributed by atoms with Gasteiger partial charge in [0, 0.05) is 15.4 Å². The molecule has 12 heteroatoms. The van der Waals surface area contributed by atoms with Gasteiger partial charge in [-0.2, -0.15) is 0 Å². The molecule has 3 aliphatic heterocycles. The minimum atomic E-state index is -1.02. The third kappa shape index (κ3) is 14.3. The van der Waals surface area contributed by atoms with E-state index in [0.29, 0.717) is 33.0 Å². The summed E-state index contributed by atoms with van der Waals surface area (Å²) in [6.07, 6.45) is -4.87. The van der Waals surface area contributed by atoms with Crippen molar-refractivity contribution in [2.75, 3.05) is 13.2 Å². The van der Waals surface area contributed by atoms with Crippen LogP contribution in [0.25, 0.3) is 0 Å². The van der Waals surface area contributed by atoms with Crippen molar-refractivity contribution in [1.29, 1.82) is 0 Å². The molecule has 7 aromatic rings. The van der Waals surface area contributed by atoms with Crippen molar-refractivity contribution in [3.63, 3.8) is 0 Å². The Morgan fingerprint density at radius 2 is 0.789 bits per heavy atom. The van der Waals surface area contributed by atoms with Crippen LogP contribution in [0.4, 0.5) is 0 Å². The molecule has 7 aromatic carbocycles. The van der Waals surface area contributed by atoms with Gasteiger partial charge in [0.2, 0.25) is 0 Å². The van der Waals surface area contributed by atoms with Gasteiger partial charge >= 0.3 is 0 Å². The lowest BCUT2D eigenvalue weighted by Crippen LogP contribution is -2.62. The Labute approximate surface area is 425 Å². The number of aliphatic hydroxyl groups excluding tert-OH is 2. The molecule has 0 spiro atoms. The summed E-state index contributed by atoms with van der Waals surface area (Å²) in [7, 11) is 0. The zero-order valence-electron chi connectivity index (χ0n) is 39.3. The SMILES string of the molecule is OCC1O[C@@H](Sc2ccccc2)C(OCc2ccccc2)[C@H](OCc2ccccc2)[C@@H]1O.c1ccc(COC2[C@H](Sc3ccccc3)OC3COC(c4ccccc4)O[C@H]3[C@H]2OCc2ccccc2)cc1. The molecule has 0 saturated carbocycles. The number of benzene rings is 7. The Kier molecular flexibility index (Phi) is 19.0. The maximum absolute atomic E-state index is 11.0. The van der Waals surface area contributed by atoms with Crippen molar-refractivity contribution in [3.8, 4) is 0 Å². The number of fused-ring (bicyclic) bond motifs is 1. The summed E-state index contributed by atoms with van der Waals surface area (Å²) in [4.78, 5) is 2.12. The van der Waals surface area contributed by atoms with Crippen LogP contribution >= 0.6 is 23.5 Å². The zero-order chi connectivity index (χ0) is 48.5. The van der Waals surface area contributed by atoms with E-state index in [1.165, 1.54) is 11.8 Å². The van der Waals surface area contributed by atoms with Gasteiger partial charge in [-0.05, 0) is 46.5 Å². The van der Waals surface area contributed by atoms with Crippen LogP contribution in [-0.2, 0) is 64.3 Å². The first kappa shape index (κ1) is 50.8. The molecule has 368 valence electrons. The van der Waals surface area contributed by atoms with Crippen molar-refractivity contribution < 1.29 is 48.1 Å². The van der Waals surface area contributed by atoms with Crippen LogP contribution in [0.15, 0.2) is 222 Å². The van der Waals surface area contributed by atoms with E-state index in [1.807, 2.05) is 176 Å². The lowest BCUT2D eigenvalue weighted by Gasteiger charge is -2.49. The standard InChI is InChI=1S/C33H32O5S.C26H28O5S/c1-5-13-24(14-6-1)21-34-30-29-28(23-36-32(38-29)26-17-9-3-10-18-26)37-33(39-27-19-11-4-12-20-27)31(30)35-22-25-15-7-2-8-16-25;27-16-22-23(28)24(29-17-19-10-4-1-5-11-19)25(30-18-20-12-6-2-7-13-20)26(31-22)32-21-14-8-3-9-15-21/h1-20,28-33H,21-23H2;1-15,22-28H,16-18H2/t28?,29-,30-,31?,32?,33+;22?,23-,24-,25?,26+/m11/s1. The molecule has 3 fully saturated rings. The number of thioether (sulfide) groups is 2. The van der Waals surface area contributed by atoms with E-state index in [0.717, 1.165) is 37.6 Å². The third-order valence-electron chi connectivity index (χ3n) is 12.3. The van der Waals surface area contributed by atoms with Crippen molar-refractivity contribution >= 4 is 23.5 Å². The van der Waals surface area contributed by atoms with Gasteiger partial charge in [0.1, 0.15) is 59.7 Å². The summed E-state index contributed by atoms with van der Waals surface area (Å²) in [6, 6.07) is 70.3. The summed E-state index contributed by atoms with van der Waals surface area (Å²) in [5.41, 5.74) is 4.43. The normalized spacial score (nSPS) is 26.1. The number of hydrogen-bond donors (Lipinski definition) is 2. The summed E-state index contributed by atoms with van der Waals surface area (Å²) in [6.45, 7) is 1.69. The number of ether oxygens (including phenoxy) is 8. The predicted octanol–water partition coefficient (Wildman–Crippen LogP) is 10.8. The van der Waals surface area contributed by atoms with Crippen LogP contribution in [0.3, 0.4) is 0 Å². The average molecular weight is 993 g/mol. The van der Waals surface area contributed by atoms with E-state index < -0.39 is 36.1 Å². The number of aliphatic hydroxyl groups is 2. The smallest absolute Gasteiger partial charge is 0.184 e. The monoisotopic (exact) mass is 992 g/mol. The second-order valence-electron chi connectivity index (χ2n) is 17.3. The molecule has 71 heavy (non-hydrogen) atoms. The Hall–Kier alpha value is -5.16. The van der Waals surface area contributed by atoms with Crippen LogP contribution < -0.4 is 0 Å². The average Bonchev–Trinajstić information content (AvgIpc) is 3.43. The van der Waals surface area contributed by atoms with Crippen LogP contribution in [0.5, 0.6) is 0 Å². The van der Waals surface area contributed by atoms with E-state index in [-0.39, 0.29) is 36.5 Å². The molecule has 2 N–H and O–H groups in total. The second kappa shape index (κ2) is 26.5. The molecule has 10 rings (SSSR count). The summed E-state index contributed by atoms with van der Waals surface area (Å²) in [5, 5.41) is 20.8. The lowest BCUT2D eigenvalue weighted by atomic mass is 9.98. The van der Waals surface area contributed by atoms with E-state index in [1.54, 1.807) is 11.8 Å². The van der Waals surface area contributed by atoms with Crippen molar-refractivity contribution in [2.45, 2.75) is 102 Å². The molecular formula is C59H60O10S2. The highest BCUT2D eigenvalue weighted by Crippen LogP contribution is 2.42. The molecule has 0 amide bonds. The van der Waals surface area contributed by atoms with Gasteiger partial charge in [-0.15, -0.1) is 0 Å². The van der Waals surface area contributed by atoms with Crippen molar-refractivity contribution in [3.05, 3.63) is 240 Å². The largest absolute Gasteiger partial charge is 0.394 e. The van der Waals surface area contributed by atoms with Gasteiger partial charge in [-0.1, -0.05) is 212 Å². The summed E-state index contributed by atoms with van der Waals surface area (Å²) >= 11 is 3.15. The number of hydrogen-bond acceptors (Lipinski definition) is 12. The van der Waals surface area contributed by atoms with E-state index in [4.69, 9.17) is 37.9 Å². The minimum Gasteiger partial charge on any atom is -0.394 e. The maximum atomic E-state index is 11.0. The minimum absolute atomic E-state index is 0.288. The molecule has 3 saturated heterocycles. The Morgan fingerprint density at radius 3 is 1.23 bits per heavy atom. The van der Waals surface area contributed by atoms with Crippen LogP contribution in [0.2, 0.25) is 0 Å². The topological polar surface area (TPSA) is 114 Å². The van der Waals surface area contributed by atoms with E-state index in [9.17, 15) is 10.2 Å². The molecule has 3 heterocycles. The fourth-order valence-electron chi connectivity index (χ4n) is 8.62. The quantitative estimate of drug-likeness (QED) is 0.0853. The third-order valence-corrected chi connectivity index (χ3v) is 14.6. The van der Waals surface area contributed by atoms with Gasteiger partial charge in [0.15, 0.2) is 6.29 Å². The van der Waals surface area contributed by atoms with Gasteiger partial charge < -0.3 is 48.1 Å². The van der Waals surface area contributed by atoms with Crippen LogP contribution in [0, 0.1) is 0 Å². The molecule has 3 aliphatic rings. The Balaban J connectivity index is 0.000000180. The first-order valence-corrected chi connectivity index (χ1v) is 25.8. The van der Waals surface area contributed by atoms with Gasteiger partial charge in [0.25, 0.3) is 0 Å². The maximum Gasteiger partial charge on any atom is 0.184 e. The molecule has 0 radical (unpaired) electrons. The highest BCUT2D eigenvalue weighted by Gasteiger charge is 2.52. The molecular weight excluding hydrogens is 933 g/mol. The molecule has 5 unspecified atom stereocenters. The fourth-order valence-corrected chi connectivity index (χ4v) is 10.9. The first-order chi connectivity index (χ1) is 35.1. The van der Waals surface area contributed by atoms with Crippen LogP contribution in [0.1, 0.15) is 34.1 Å². The fraction of sp³-hybridized carbons (Fsp3) is 0.288. The van der Waals surface area contributed by atoms with E-state index in [2.05, 4.69) is 36.4 Å². The first-order valence-electron chi connectivity index (χ1n) is 24.1. The lowest BCUT2D eigenvalue weighted by molar-refractivity contribution is -0.329. The molecule has 0 bridgehead atoms. The van der Waals surface area contributed by atoms with Gasteiger partial charge in [0.05, 0.1) is 39.6 Å². The summed E-state index contributed by atoms with van der Waals surface area (Å²) < 4.78 is 51.4. The van der Waals surface area contributed by atoms with E-state index >= 15 is 0 Å². The van der Waals surface area contributed by atoms with Gasteiger partial charge in [-0.25, -0.2) is 0 Å². The Morgan fingerprint density at radius 1 is 0.423 bits per heavy atom. The highest BCUT2D eigenvalue weighted by molar-refractivity contribution is 8.00. The second-order valence-corrected chi connectivity index (χ2v) is 19.7. The molecule has 11 atom stereocenters. The molecule has 10 nitrogen and oxygen atoms in total. The van der Waals surface area contributed by atoms with Crippen LogP contribution in [-0.4, -0.2) is 83.1 Å². The number of rotatable bonds is 18. The van der Waals surface area contributed by atoms with Crippen molar-refractivity contribution in [1.82, 2.24) is 0 Å². The molecule has 0 aliphatic carbocycles. The summed E-state index contributed by atoms with van der Waals surface area (Å²) in [5.74, 6) is 0. The molecule has 0 aromatic heterocycles. The zero-order valence-corrected chi connectivity index (χ0v) is 40.9. The predicted molar refractivity (Wildman–Crippen MR) is 275 cm³/mol.